The van der Waals surface area contributed by atoms with Crippen molar-refractivity contribution in [3.63, 3.8) is 0 Å². The van der Waals surface area contributed by atoms with Crippen LogP contribution in [0.2, 0.25) is 0 Å². The van der Waals surface area contributed by atoms with Gasteiger partial charge in [0.25, 0.3) is 0 Å². The summed E-state index contributed by atoms with van der Waals surface area (Å²) < 4.78 is 11.6. The van der Waals surface area contributed by atoms with Crippen LogP contribution in [0.1, 0.15) is 31.7 Å². The summed E-state index contributed by atoms with van der Waals surface area (Å²) in [6, 6.07) is 8.80. The number of hydrogen-bond acceptors (Lipinski definition) is 4. The Balaban J connectivity index is 1.67. The van der Waals surface area contributed by atoms with E-state index in [2.05, 4.69) is 24.0 Å². The van der Waals surface area contributed by atoms with Crippen LogP contribution in [0.5, 0.6) is 0 Å². The largest absolute Gasteiger partial charge is 0.399 e. The standard InChI is InChI=1S/C17H26N2O2/c1-2-19(12-14-4-3-5-15(18)10-14)16-6-8-21-17(11-16)7-9-20-13-17/h3-5,10,16H,2,6-9,11-13,18H2,1H3. The lowest BCUT2D eigenvalue weighted by Crippen LogP contribution is -2.48. The van der Waals surface area contributed by atoms with Crippen molar-refractivity contribution in [2.24, 2.45) is 0 Å². The zero-order chi connectivity index (χ0) is 14.7. The molecule has 4 nitrogen and oxygen atoms in total. The predicted octanol–water partition coefficient (Wildman–Crippen LogP) is 2.43. The summed E-state index contributed by atoms with van der Waals surface area (Å²) in [5.74, 6) is 0. The first-order chi connectivity index (χ1) is 10.2. The maximum atomic E-state index is 6.05. The normalized spacial score (nSPS) is 29.3. The lowest BCUT2D eigenvalue weighted by molar-refractivity contribution is -0.107. The Morgan fingerprint density at radius 1 is 1.38 bits per heavy atom. The number of anilines is 1. The molecule has 0 bridgehead atoms. The molecule has 116 valence electrons. The van der Waals surface area contributed by atoms with Gasteiger partial charge >= 0.3 is 0 Å². The molecule has 0 radical (unpaired) electrons. The van der Waals surface area contributed by atoms with E-state index in [0.29, 0.717) is 6.04 Å². The summed E-state index contributed by atoms with van der Waals surface area (Å²) in [5.41, 5.74) is 8.01. The molecule has 21 heavy (non-hydrogen) atoms. The van der Waals surface area contributed by atoms with Crippen molar-refractivity contribution in [3.05, 3.63) is 29.8 Å². The average molecular weight is 290 g/mol. The number of ether oxygens (including phenoxy) is 2. The monoisotopic (exact) mass is 290 g/mol. The molecule has 4 heteroatoms. The molecule has 0 aromatic heterocycles. The second-order valence-electron chi connectivity index (χ2n) is 6.29. The molecular weight excluding hydrogens is 264 g/mol. The molecule has 2 aliphatic heterocycles. The van der Waals surface area contributed by atoms with E-state index in [0.717, 1.165) is 57.9 Å². The van der Waals surface area contributed by atoms with Crippen molar-refractivity contribution in [1.29, 1.82) is 0 Å². The molecule has 2 aliphatic rings. The van der Waals surface area contributed by atoms with Gasteiger partial charge in [-0.2, -0.15) is 0 Å². The third-order valence-corrected chi connectivity index (χ3v) is 4.79. The van der Waals surface area contributed by atoms with Crippen molar-refractivity contribution in [1.82, 2.24) is 4.90 Å². The fraction of sp³-hybridized carbons (Fsp3) is 0.647. The molecule has 1 aromatic carbocycles. The summed E-state index contributed by atoms with van der Waals surface area (Å²) in [7, 11) is 0. The van der Waals surface area contributed by atoms with Gasteiger partial charge in [-0.05, 0) is 37.1 Å². The molecule has 0 saturated carbocycles. The molecule has 1 spiro atoms. The molecule has 2 fully saturated rings. The minimum absolute atomic E-state index is 0.0218. The van der Waals surface area contributed by atoms with Gasteiger partial charge in [-0.3, -0.25) is 4.90 Å². The number of benzene rings is 1. The summed E-state index contributed by atoms with van der Waals surface area (Å²) in [6.45, 7) is 6.70. The van der Waals surface area contributed by atoms with Gasteiger partial charge in [0.05, 0.1) is 12.2 Å². The fourth-order valence-corrected chi connectivity index (χ4v) is 3.60. The average Bonchev–Trinajstić information content (AvgIpc) is 2.92. The van der Waals surface area contributed by atoms with Gasteiger partial charge in [-0.15, -0.1) is 0 Å². The van der Waals surface area contributed by atoms with Crippen LogP contribution >= 0.6 is 0 Å². The van der Waals surface area contributed by atoms with Gasteiger partial charge in [-0.1, -0.05) is 19.1 Å². The number of nitrogen functional groups attached to an aromatic ring is 1. The van der Waals surface area contributed by atoms with E-state index in [1.54, 1.807) is 0 Å². The predicted molar refractivity (Wildman–Crippen MR) is 84.1 cm³/mol. The smallest absolute Gasteiger partial charge is 0.0951 e. The molecule has 2 atom stereocenters. The highest BCUT2D eigenvalue weighted by atomic mass is 16.6. The highest BCUT2D eigenvalue weighted by Crippen LogP contribution is 2.35. The number of hydrogen-bond donors (Lipinski definition) is 1. The van der Waals surface area contributed by atoms with Crippen LogP contribution in [-0.4, -0.2) is 42.9 Å². The van der Waals surface area contributed by atoms with Gasteiger partial charge in [0.2, 0.25) is 0 Å². The first-order valence-corrected chi connectivity index (χ1v) is 8.01. The highest BCUT2D eigenvalue weighted by Gasteiger charge is 2.42. The van der Waals surface area contributed by atoms with Gasteiger partial charge < -0.3 is 15.2 Å². The van der Waals surface area contributed by atoms with Gasteiger partial charge in [0.15, 0.2) is 0 Å². The quantitative estimate of drug-likeness (QED) is 0.865. The zero-order valence-electron chi connectivity index (χ0n) is 12.9. The summed E-state index contributed by atoms with van der Waals surface area (Å²) >= 11 is 0. The van der Waals surface area contributed by atoms with Crippen LogP contribution in [0.25, 0.3) is 0 Å². The Labute approximate surface area is 127 Å². The number of nitrogens with two attached hydrogens (primary N) is 1. The van der Waals surface area contributed by atoms with Crippen LogP contribution < -0.4 is 5.73 Å². The first kappa shape index (κ1) is 14.8. The Morgan fingerprint density at radius 3 is 3.00 bits per heavy atom. The molecule has 0 aliphatic carbocycles. The van der Waals surface area contributed by atoms with E-state index in [9.17, 15) is 0 Å². The van der Waals surface area contributed by atoms with E-state index in [1.165, 1.54) is 5.56 Å². The van der Waals surface area contributed by atoms with Crippen LogP contribution in [0.4, 0.5) is 5.69 Å². The van der Waals surface area contributed by atoms with Gasteiger partial charge in [0.1, 0.15) is 0 Å². The maximum absolute atomic E-state index is 6.05. The SMILES string of the molecule is CCN(Cc1cccc(N)c1)C1CCOC2(CCOC2)C1. The highest BCUT2D eigenvalue weighted by molar-refractivity contribution is 5.40. The summed E-state index contributed by atoms with van der Waals surface area (Å²) in [6.07, 6.45) is 3.24. The van der Waals surface area contributed by atoms with Crippen LogP contribution in [0.3, 0.4) is 0 Å². The van der Waals surface area contributed by atoms with E-state index >= 15 is 0 Å². The zero-order valence-corrected chi connectivity index (χ0v) is 12.9. The molecule has 2 unspecified atom stereocenters. The van der Waals surface area contributed by atoms with Crippen molar-refractivity contribution in [2.75, 3.05) is 32.1 Å². The molecular formula is C17H26N2O2. The number of rotatable bonds is 4. The first-order valence-electron chi connectivity index (χ1n) is 8.01. The maximum Gasteiger partial charge on any atom is 0.0951 e. The van der Waals surface area contributed by atoms with Crippen molar-refractivity contribution in [2.45, 2.75) is 44.4 Å². The Morgan fingerprint density at radius 2 is 2.29 bits per heavy atom. The number of nitrogens with zero attached hydrogens (tertiary/aromatic N) is 1. The fourth-order valence-electron chi connectivity index (χ4n) is 3.60. The Kier molecular flexibility index (Phi) is 4.48. The van der Waals surface area contributed by atoms with E-state index in [1.807, 2.05) is 12.1 Å². The second kappa shape index (κ2) is 6.34. The van der Waals surface area contributed by atoms with Crippen LogP contribution in [0.15, 0.2) is 24.3 Å². The van der Waals surface area contributed by atoms with Crippen molar-refractivity contribution < 1.29 is 9.47 Å². The Bertz CT molecular complexity index is 472. The van der Waals surface area contributed by atoms with E-state index in [4.69, 9.17) is 15.2 Å². The third kappa shape index (κ3) is 3.39. The topological polar surface area (TPSA) is 47.7 Å². The van der Waals surface area contributed by atoms with E-state index in [-0.39, 0.29) is 5.60 Å². The second-order valence-corrected chi connectivity index (χ2v) is 6.29. The minimum atomic E-state index is -0.0218. The molecule has 2 heterocycles. The van der Waals surface area contributed by atoms with E-state index < -0.39 is 0 Å². The van der Waals surface area contributed by atoms with Crippen LogP contribution in [0, 0.1) is 0 Å². The lowest BCUT2D eigenvalue weighted by atomic mass is 9.88. The molecule has 2 saturated heterocycles. The summed E-state index contributed by atoms with van der Waals surface area (Å²) in [4.78, 5) is 2.55. The van der Waals surface area contributed by atoms with Crippen molar-refractivity contribution >= 4 is 5.69 Å². The third-order valence-electron chi connectivity index (χ3n) is 4.79. The molecule has 0 amide bonds. The molecule has 2 N–H and O–H groups in total. The molecule has 3 rings (SSSR count). The van der Waals surface area contributed by atoms with Gasteiger partial charge in [-0.25, -0.2) is 0 Å². The summed E-state index contributed by atoms with van der Waals surface area (Å²) in [5, 5.41) is 0. The molecule has 1 aromatic rings. The van der Waals surface area contributed by atoms with Crippen LogP contribution in [-0.2, 0) is 16.0 Å². The lowest BCUT2D eigenvalue weighted by Gasteiger charge is -2.42. The van der Waals surface area contributed by atoms with Gasteiger partial charge in [0, 0.05) is 37.9 Å². The minimum Gasteiger partial charge on any atom is -0.399 e. The van der Waals surface area contributed by atoms with Crippen molar-refractivity contribution in [3.8, 4) is 0 Å². The Hall–Kier alpha value is -1.10.